The Balaban J connectivity index is 2.39. The first-order valence-corrected chi connectivity index (χ1v) is 6.12. The van der Waals surface area contributed by atoms with E-state index in [9.17, 15) is 4.39 Å². The largest absolute Gasteiger partial charge is 0.330 e. The maximum atomic E-state index is 13.9. The molecule has 94 valence electrons. The second-order valence-electron chi connectivity index (χ2n) is 4.45. The average Bonchev–Trinajstić information content (AvgIpc) is 2.40. The summed E-state index contributed by atoms with van der Waals surface area (Å²) in [6, 6.07) is 8.90. The number of hydrogen-bond acceptors (Lipinski definition) is 2. The van der Waals surface area contributed by atoms with Gasteiger partial charge in [-0.2, -0.15) is 0 Å². The fourth-order valence-corrected chi connectivity index (χ4v) is 2.02. The fraction of sp³-hybridized carbons (Fsp3) is 0.267. The second-order valence-corrected chi connectivity index (χ2v) is 4.45. The molecule has 1 heterocycles. The zero-order valence-electron chi connectivity index (χ0n) is 10.4. The predicted molar refractivity (Wildman–Crippen MR) is 71.7 cm³/mol. The van der Waals surface area contributed by atoms with Crippen LogP contribution in [0.2, 0.25) is 0 Å². The number of halogens is 1. The second kappa shape index (κ2) is 5.74. The molecule has 0 aliphatic rings. The molecule has 0 bridgehead atoms. The lowest BCUT2D eigenvalue weighted by molar-refractivity contribution is 0.627. The summed E-state index contributed by atoms with van der Waals surface area (Å²) in [6.07, 6.45) is 4.25. The first kappa shape index (κ1) is 12.7. The lowest BCUT2D eigenvalue weighted by Gasteiger charge is -2.13. The SMILES string of the molecule is CC(CCN)c1ccc(F)c(-c2ccncc2)c1. The number of hydrogen-bond donors (Lipinski definition) is 1. The van der Waals surface area contributed by atoms with E-state index >= 15 is 0 Å². The summed E-state index contributed by atoms with van der Waals surface area (Å²) < 4.78 is 13.9. The molecular formula is C15H17FN2. The molecule has 2 rings (SSSR count). The fourth-order valence-electron chi connectivity index (χ4n) is 2.02. The summed E-state index contributed by atoms with van der Waals surface area (Å²) in [4.78, 5) is 3.95. The van der Waals surface area contributed by atoms with Crippen LogP contribution in [0, 0.1) is 5.82 Å². The van der Waals surface area contributed by atoms with Gasteiger partial charge < -0.3 is 5.73 Å². The van der Waals surface area contributed by atoms with Gasteiger partial charge in [0, 0.05) is 18.0 Å². The predicted octanol–water partition coefficient (Wildman–Crippen LogP) is 3.34. The van der Waals surface area contributed by atoms with Crippen molar-refractivity contribution in [3.63, 3.8) is 0 Å². The Morgan fingerprint density at radius 3 is 2.61 bits per heavy atom. The van der Waals surface area contributed by atoms with Crippen LogP contribution in [0.15, 0.2) is 42.7 Å². The van der Waals surface area contributed by atoms with Crippen LogP contribution < -0.4 is 5.73 Å². The topological polar surface area (TPSA) is 38.9 Å². The molecule has 2 N–H and O–H groups in total. The van der Waals surface area contributed by atoms with Gasteiger partial charge in [0.15, 0.2) is 0 Å². The highest BCUT2D eigenvalue weighted by Crippen LogP contribution is 2.27. The van der Waals surface area contributed by atoms with E-state index in [1.54, 1.807) is 12.4 Å². The van der Waals surface area contributed by atoms with Crippen molar-refractivity contribution in [3.8, 4) is 11.1 Å². The monoisotopic (exact) mass is 244 g/mol. The lowest BCUT2D eigenvalue weighted by Crippen LogP contribution is -2.04. The molecule has 18 heavy (non-hydrogen) atoms. The standard InChI is InChI=1S/C15H17FN2/c1-11(4-7-17)13-2-3-15(16)14(10-13)12-5-8-18-9-6-12/h2-3,5-6,8-11H,4,7,17H2,1H3. The molecule has 1 atom stereocenters. The molecule has 0 saturated heterocycles. The Bertz CT molecular complexity index is 511. The minimum absolute atomic E-state index is 0.204. The number of nitrogens with zero attached hydrogens (tertiary/aromatic N) is 1. The lowest BCUT2D eigenvalue weighted by atomic mass is 9.94. The van der Waals surface area contributed by atoms with Crippen LogP contribution in [0.5, 0.6) is 0 Å². The third-order valence-electron chi connectivity index (χ3n) is 3.15. The van der Waals surface area contributed by atoms with Gasteiger partial charge in [-0.25, -0.2) is 4.39 Å². The number of aromatic nitrogens is 1. The molecule has 0 aliphatic carbocycles. The number of nitrogens with two attached hydrogens (primary N) is 1. The summed E-state index contributed by atoms with van der Waals surface area (Å²) in [5.74, 6) is 0.140. The van der Waals surface area contributed by atoms with Crippen LogP contribution in [0.25, 0.3) is 11.1 Å². The molecule has 1 aromatic heterocycles. The summed E-state index contributed by atoms with van der Waals surface area (Å²) in [5, 5.41) is 0. The van der Waals surface area contributed by atoms with Gasteiger partial charge in [-0.05, 0) is 54.3 Å². The maximum Gasteiger partial charge on any atom is 0.131 e. The van der Waals surface area contributed by atoms with Crippen molar-refractivity contribution in [2.45, 2.75) is 19.3 Å². The molecule has 0 spiro atoms. The molecule has 0 fully saturated rings. The highest BCUT2D eigenvalue weighted by molar-refractivity contribution is 5.64. The average molecular weight is 244 g/mol. The first-order valence-electron chi connectivity index (χ1n) is 6.12. The summed E-state index contributed by atoms with van der Waals surface area (Å²) >= 11 is 0. The van der Waals surface area contributed by atoms with Crippen molar-refractivity contribution < 1.29 is 4.39 Å². The maximum absolute atomic E-state index is 13.9. The van der Waals surface area contributed by atoms with Gasteiger partial charge in [0.2, 0.25) is 0 Å². The zero-order valence-corrected chi connectivity index (χ0v) is 10.4. The molecule has 0 saturated carbocycles. The number of pyridine rings is 1. The van der Waals surface area contributed by atoms with Crippen LogP contribution >= 0.6 is 0 Å². The minimum Gasteiger partial charge on any atom is -0.330 e. The van der Waals surface area contributed by atoms with E-state index in [4.69, 9.17) is 5.73 Å². The Labute approximate surface area is 107 Å². The van der Waals surface area contributed by atoms with Crippen LogP contribution in [-0.2, 0) is 0 Å². The minimum atomic E-state index is -0.204. The quantitative estimate of drug-likeness (QED) is 0.895. The van der Waals surface area contributed by atoms with E-state index in [0.29, 0.717) is 18.0 Å². The zero-order chi connectivity index (χ0) is 13.0. The van der Waals surface area contributed by atoms with Gasteiger partial charge in [-0.3, -0.25) is 4.98 Å². The molecule has 1 unspecified atom stereocenters. The van der Waals surface area contributed by atoms with Crippen LogP contribution in [0.3, 0.4) is 0 Å². The Morgan fingerprint density at radius 2 is 1.94 bits per heavy atom. The van der Waals surface area contributed by atoms with Crippen LogP contribution in [0.4, 0.5) is 4.39 Å². The van der Waals surface area contributed by atoms with Gasteiger partial charge in [0.25, 0.3) is 0 Å². The Kier molecular flexibility index (Phi) is 4.05. The van der Waals surface area contributed by atoms with E-state index in [1.807, 2.05) is 24.3 Å². The number of rotatable bonds is 4. The Hall–Kier alpha value is -1.74. The summed E-state index contributed by atoms with van der Waals surface area (Å²) in [6.45, 7) is 2.75. The van der Waals surface area contributed by atoms with Crippen molar-refractivity contribution in [2.24, 2.45) is 5.73 Å². The van der Waals surface area contributed by atoms with Crippen LogP contribution in [0.1, 0.15) is 24.8 Å². The van der Waals surface area contributed by atoms with E-state index in [-0.39, 0.29) is 5.82 Å². The highest BCUT2D eigenvalue weighted by Gasteiger charge is 2.10. The Morgan fingerprint density at radius 1 is 1.22 bits per heavy atom. The summed E-state index contributed by atoms with van der Waals surface area (Å²) in [5.41, 5.74) is 8.16. The molecule has 0 amide bonds. The first-order chi connectivity index (χ1) is 8.72. The van der Waals surface area contributed by atoms with Crippen molar-refractivity contribution in [3.05, 3.63) is 54.1 Å². The van der Waals surface area contributed by atoms with E-state index in [1.165, 1.54) is 6.07 Å². The van der Waals surface area contributed by atoms with Crippen molar-refractivity contribution in [1.29, 1.82) is 0 Å². The van der Waals surface area contributed by atoms with Crippen molar-refractivity contribution >= 4 is 0 Å². The molecule has 3 heteroatoms. The van der Waals surface area contributed by atoms with E-state index < -0.39 is 0 Å². The molecule has 2 nitrogen and oxygen atoms in total. The van der Waals surface area contributed by atoms with Gasteiger partial charge in [0.1, 0.15) is 5.82 Å². The smallest absolute Gasteiger partial charge is 0.131 e. The van der Waals surface area contributed by atoms with Gasteiger partial charge in [-0.15, -0.1) is 0 Å². The van der Waals surface area contributed by atoms with E-state index in [2.05, 4.69) is 11.9 Å². The highest BCUT2D eigenvalue weighted by atomic mass is 19.1. The molecule has 1 aromatic carbocycles. The summed E-state index contributed by atoms with van der Waals surface area (Å²) in [7, 11) is 0. The normalized spacial score (nSPS) is 12.4. The number of benzene rings is 1. The van der Waals surface area contributed by atoms with Gasteiger partial charge in [0.05, 0.1) is 0 Å². The van der Waals surface area contributed by atoms with Gasteiger partial charge in [-0.1, -0.05) is 13.0 Å². The molecule has 0 aliphatic heterocycles. The van der Waals surface area contributed by atoms with Gasteiger partial charge >= 0.3 is 0 Å². The van der Waals surface area contributed by atoms with Crippen LogP contribution in [-0.4, -0.2) is 11.5 Å². The molecule has 2 aromatic rings. The molecule has 0 radical (unpaired) electrons. The third-order valence-corrected chi connectivity index (χ3v) is 3.15. The molecular weight excluding hydrogens is 227 g/mol. The van der Waals surface area contributed by atoms with Crippen molar-refractivity contribution in [2.75, 3.05) is 6.54 Å². The van der Waals surface area contributed by atoms with Crippen molar-refractivity contribution in [1.82, 2.24) is 4.98 Å². The van der Waals surface area contributed by atoms with E-state index in [0.717, 1.165) is 17.5 Å². The third kappa shape index (κ3) is 2.74.